The topological polar surface area (TPSA) is 38.3 Å². The third-order valence-corrected chi connectivity index (χ3v) is 3.46. The zero-order valence-electron chi connectivity index (χ0n) is 9.78. The predicted molar refractivity (Wildman–Crippen MR) is 69.7 cm³/mol. The maximum atomic E-state index is 11.0. The van der Waals surface area contributed by atoms with E-state index in [1.165, 1.54) is 5.56 Å². The Morgan fingerprint density at radius 1 is 1.41 bits per heavy atom. The average molecular weight is 298 g/mol. The van der Waals surface area contributed by atoms with Crippen LogP contribution in [-0.4, -0.2) is 18.6 Å². The molecule has 1 aliphatic heterocycles. The molecule has 4 heteroatoms. The van der Waals surface area contributed by atoms with Crippen molar-refractivity contribution < 1.29 is 9.53 Å². The van der Waals surface area contributed by atoms with Gasteiger partial charge >= 0.3 is 0 Å². The first-order chi connectivity index (χ1) is 8.15. The summed E-state index contributed by atoms with van der Waals surface area (Å²) in [5.74, 6) is 0.0338. The second-order valence-electron chi connectivity index (χ2n) is 4.33. The Balaban J connectivity index is 2.01. The fourth-order valence-corrected chi connectivity index (χ4v) is 2.39. The molecule has 2 atom stereocenters. The molecule has 0 radical (unpaired) electrons. The van der Waals surface area contributed by atoms with Gasteiger partial charge in [-0.05, 0) is 30.5 Å². The van der Waals surface area contributed by atoms with Gasteiger partial charge in [0.2, 0.25) is 5.91 Å². The Morgan fingerprint density at radius 3 is 2.76 bits per heavy atom. The van der Waals surface area contributed by atoms with Gasteiger partial charge in [0.15, 0.2) is 0 Å². The van der Waals surface area contributed by atoms with E-state index in [9.17, 15) is 4.79 Å². The second kappa shape index (κ2) is 5.65. The molecule has 1 fully saturated rings. The minimum atomic E-state index is 0.0338. The van der Waals surface area contributed by atoms with Crippen molar-refractivity contribution in [2.75, 3.05) is 6.61 Å². The Morgan fingerprint density at radius 2 is 2.12 bits per heavy atom. The highest BCUT2D eigenvalue weighted by molar-refractivity contribution is 9.10. The van der Waals surface area contributed by atoms with Crippen LogP contribution < -0.4 is 5.32 Å². The van der Waals surface area contributed by atoms with Crippen molar-refractivity contribution in [1.82, 2.24) is 5.32 Å². The molecule has 0 aromatic heterocycles. The van der Waals surface area contributed by atoms with Gasteiger partial charge in [-0.15, -0.1) is 0 Å². The molecule has 0 saturated carbocycles. The summed E-state index contributed by atoms with van der Waals surface area (Å²) in [7, 11) is 0. The lowest BCUT2D eigenvalue weighted by Crippen LogP contribution is -2.38. The first-order valence-corrected chi connectivity index (χ1v) is 6.58. The van der Waals surface area contributed by atoms with E-state index in [4.69, 9.17) is 4.74 Å². The molecule has 17 heavy (non-hydrogen) atoms. The van der Waals surface area contributed by atoms with E-state index in [-0.39, 0.29) is 18.1 Å². The van der Waals surface area contributed by atoms with E-state index in [0.29, 0.717) is 6.61 Å². The van der Waals surface area contributed by atoms with E-state index in [1.807, 2.05) is 12.1 Å². The number of hydrogen-bond acceptors (Lipinski definition) is 2. The van der Waals surface area contributed by atoms with Crippen LogP contribution in [0.15, 0.2) is 28.7 Å². The normalized spacial score (nSPS) is 24.4. The molecule has 2 rings (SSSR count). The number of halogens is 1. The summed E-state index contributed by atoms with van der Waals surface area (Å²) in [4.78, 5) is 11.0. The molecule has 1 amide bonds. The van der Waals surface area contributed by atoms with Crippen LogP contribution in [0.1, 0.15) is 31.4 Å². The van der Waals surface area contributed by atoms with Gasteiger partial charge in [-0.1, -0.05) is 28.1 Å². The van der Waals surface area contributed by atoms with E-state index in [0.717, 1.165) is 17.3 Å². The van der Waals surface area contributed by atoms with Gasteiger partial charge in [-0.25, -0.2) is 0 Å². The van der Waals surface area contributed by atoms with Crippen molar-refractivity contribution in [3.05, 3.63) is 34.3 Å². The molecule has 92 valence electrons. The number of amides is 1. The molecule has 1 aromatic carbocycles. The molecule has 1 aliphatic rings. The SMILES string of the molecule is CC(=O)N[C@H]1CCO[C@@H](c2ccc(Br)cc2)C1. The van der Waals surface area contributed by atoms with Crippen LogP contribution in [0.5, 0.6) is 0 Å². The van der Waals surface area contributed by atoms with Crippen LogP contribution in [0, 0.1) is 0 Å². The minimum absolute atomic E-state index is 0.0338. The Labute approximate surface area is 110 Å². The zero-order chi connectivity index (χ0) is 12.3. The average Bonchev–Trinajstić information content (AvgIpc) is 2.29. The molecular formula is C13H16BrNO2. The first-order valence-electron chi connectivity index (χ1n) is 5.79. The summed E-state index contributed by atoms with van der Waals surface area (Å²) in [5, 5.41) is 2.96. The smallest absolute Gasteiger partial charge is 0.217 e. The lowest BCUT2D eigenvalue weighted by Gasteiger charge is -2.30. The third-order valence-electron chi connectivity index (χ3n) is 2.93. The maximum Gasteiger partial charge on any atom is 0.217 e. The third kappa shape index (κ3) is 3.54. The number of ether oxygens (including phenoxy) is 1. The summed E-state index contributed by atoms with van der Waals surface area (Å²) in [6.07, 6.45) is 1.84. The van der Waals surface area contributed by atoms with Gasteiger partial charge in [-0.2, -0.15) is 0 Å². The second-order valence-corrected chi connectivity index (χ2v) is 5.25. The molecule has 0 unspecified atom stereocenters. The highest BCUT2D eigenvalue weighted by Gasteiger charge is 2.24. The molecule has 0 spiro atoms. The Hall–Kier alpha value is -0.870. The summed E-state index contributed by atoms with van der Waals surface area (Å²) in [6, 6.07) is 8.38. The lowest BCUT2D eigenvalue weighted by molar-refractivity contribution is -0.120. The lowest BCUT2D eigenvalue weighted by atomic mass is 9.97. The molecule has 1 saturated heterocycles. The standard InChI is InChI=1S/C13H16BrNO2/c1-9(16)15-12-6-7-17-13(8-12)10-2-4-11(14)5-3-10/h2-5,12-13H,6-8H2,1H3,(H,15,16)/t12-,13+/m0/s1. The molecule has 0 aliphatic carbocycles. The number of hydrogen-bond donors (Lipinski definition) is 1. The fraction of sp³-hybridized carbons (Fsp3) is 0.462. The highest BCUT2D eigenvalue weighted by atomic mass is 79.9. The number of benzene rings is 1. The largest absolute Gasteiger partial charge is 0.373 e. The van der Waals surface area contributed by atoms with Crippen LogP contribution in [0.2, 0.25) is 0 Å². The van der Waals surface area contributed by atoms with Gasteiger partial charge in [0.05, 0.1) is 6.10 Å². The van der Waals surface area contributed by atoms with Crippen LogP contribution in [0.25, 0.3) is 0 Å². The number of rotatable bonds is 2. The van der Waals surface area contributed by atoms with Gasteiger partial charge in [0.1, 0.15) is 0 Å². The molecule has 0 bridgehead atoms. The van der Waals surface area contributed by atoms with E-state index in [2.05, 4.69) is 33.4 Å². The van der Waals surface area contributed by atoms with Gasteiger partial charge in [0.25, 0.3) is 0 Å². The quantitative estimate of drug-likeness (QED) is 0.912. The van der Waals surface area contributed by atoms with Crippen molar-refractivity contribution in [3.8, 4) is 0 Å². The Kier molecular flexibility index (Phi) is 4.18. The minimum Gasteiger partial charge on any atom is -0.373 e. The summed E-state index contributed by atoms with van der Waals surface area (Å²) < 4.78 is 6.81. The zero-order valence-corrected chi connectivity index (χ0v) is 11.4. The van der Waals surface area contributed by atoms with Gasteiger partial charge in [-0.3, -0.25) is 4.79 Å². The fourth-order valence-electron chi connectivity index (χ4n) is 2.13. The molecule has 1 heterocycles. The maximum absolute atomic E-state index is 11.0. The van der Waals surface area contributed by atoms with Gasteiger partial charge in [0, 0.05) is 24.0 Å². The van der Waals surface area contributed by atoms with Crippen LogP contribution >= 0.6 is 15.9 Å². The van der Waals surface area contributed by atoms with E-state index in [1.54, 1.807) is 6.92 Å². The monoisotopic (exact) mass is 297 g/mol. The number of carbonyl (C=O) groups is 1. The molecule has 1 N–H and O–H groups in total. The van der Waals surface area contributed by atoms with Gasteiger partial charge < -0.3 is 10.1 Å². The summed E-state index contributed by atoms with van der Waals surface area (Å²) in [5.41, 5.74) is 1.17. The van der Waals surface area contributed by atoms with E-state index >= 15 is 0 Å². The summed E-state index contributed by atoms with van der Waals surface area (Å²) >= 11 is 3.42. The molecule has 3 nitrogen and oxygen atoms in total. The molecule has 1 aromatic rings. The summed E-state index contributed by atoms with van der Waals surface area (Å²) in [6.45, 7) is 2.26. The number of carbonyl (C=O) groups excluding carboxylic acids is 1. The van der Waals surface area contributed by atoms with Crippen molar-refractivity contribution >= 4 is 21.8 Å². The van der Waals surface area contributed by atoms with Crippen molar-refractivity contribution in [1.29, 1.82) is 0 Å². The van der Waals surface area contributed by atoms with E-state index < -0.39 is 0 Å². The van der Waals surface area contributed by atoms with Crippen molar-refractivity contribution in [2.45, 2.75) is 31.9 Å². The molecular weight excluding hydrogens is 282 g/mol. The predicted octanol–water partition coefficient (Wildman–Crippen LogP) is 2.81. The Bertz CT molecular complexity index is 391. The first kappa shape index (κ1) is 12.6. The highest BCUT2D eigenvalue weighted by Crippen LogP contribution is 2.28. The van der Waals surface area contributed by atoms with Crippen molar-refractivity contribution in [2.24, 2.45) is 0 Å². The van der Waals surface area contributed by atoms with Crippen LogP contribution in [0.3, 0.4) is 0 Å². The van der Waals surface area contributed by atoms with Crippen molar-refractivity contribution in [3.63, 3.8) is 0 Å². The van der Waals surface area contributed by atoms with Crippen LogP contribution in [-0.2, 0) is 9.53 Å². The number of nitrogens with one attached hydrogen (secondary N) is 1. The van der Waals surface area contributed by atoms with Crippen LogP contribution in [0.4, 0.5) is 0 Å².